The number of piperazine rings is 1. The Balaban J connectivity index is 1.69. The third-order valence-electron chi connectivity index (χ3n) is 5.93. The number of carbonyl (C=O) groups is 2. The van der Waals surface area contributed by atoms with Crippen molar-refractivity contribution in [3.05, 3.63) is 78.2 Å². The number of aromatic nitrogens is 2. The lowest BCUT2D eigenvalue weighted by atomic mass is 9.93. The third-order valence-corrected chi connectivity index (χ3v) is 5.93. The molecule has 7 heteroatoms. The molecule has 1 unspecified atom stereocenters. The molecule has 2 aromatic heterocycles. The Morgan fingerprint density at radius 2 is 1.97 bits per heavy atom. The lowest BCUT2D eigenvalue weighted by molar-refractivity contribution is -0.140. The average molecular weight is 445 g/mol. The number of methoxy groups -OCH3 is 1. The van der Waals surface area contributed by atoms with E-state index in [0.29, 0.717) is 37.5 Å². The Bertz CT molecular complexity index is 1120. The number of hydrogen-bond acceptors (Lipinski definition) is 5. The first-order valence-corrected chi connectivity index (χ1v) is 11.2. The maximum atomic E-state index is 13.5. The van der Waals surface area contributed by atoms with Crippen LogP contribution in [0.4, 0.5) is 0 Å². The first-order valence-electron chi connectivity index (χ1n) is 11.2. The van der Waals surface area contributed by atoms with Gasteiger partial charge in [-0.3, -0.25) is 14.6 Å². The molecule has 33 heavy (non-hydrogen) atoms. The van der Waals surface area contributed by atoms with Gasteiger partial charge in [-0.25, -0.2) is 4.98 Å². The van der Waals surface area contributed by atoms with Crippen molar-refractivity contribution in [2.45, 2.75) is 25.8 Å². The second kappa shape index (κ2) is 10.3. The number of nitrogens with zero attached hydrogens (tertiary/aromatic N) is 4. The molecule has 0 bridgehead atoms. The van der Waals surface area contributed by atoms with Gasteiger partial charge in [0.25, 0.3) is 5.91 Å². The fraction of sp³-hybridized carbons (Fsp3) is 0.308. The van der Waals surface area contributed by atoms with E-state index in [-0.39, 0.29) is 11.8 Å². The van der Waals surface area contributed by atoms with Gasteiger partial charge in [-0.05, 0) is 29.7 Å². The van der Waals surface area contributed by atoms with E-state index in [1.54, 1.807) is 29.4 Å². The van der Waals surface area contributed by atoms with Crippen LogP contribution in [0.5, 0.6) is 5.88 Å². The van der Waals surface area contributed by atoms with Crippen LogP contribution in [0.1, 0.15) is 29.3 Å². The highest BCUT2D eigenvalue weighted by molar-refractivity contribution is 5.98. The fourth-order valence-electron chi connectivity index (χ4n) is 4.30. The number of amides is 2. The molecule has 7 nitrogen and oxygen atoms in total. The lowest BCUT2D eigenvalue weighted by Crippen LogP contribution is -2.59. The van der Waals surface area contributed by atoms with E-state index in [9.17, 15) is 9.59 Å². The second-order valence-corrected chi connectivity index (χ2v) is 8.03. The van der Waals surface area contributed by atoms with Gasteiger partial charge in [0.15, 0.2) is 0 Å². The highest BCUT2D eigenvalue weighted by atomic mass is 16.5. The maximum absolute atomic E-state index is 13.5. The monoisotopic (exact) mass is 444 g/mol. The van der Waals surface area contributed by atoms with E-state index in [1.807, 2.05) is 47.5 Å². The average Bonchev–Trinajstić information content (AvgIpc) is 2.87. The Morgan fingerprint density at radius 3 is 2.73 bits per heavy atom. The molecule has 3 heterocycles. The molecule has 0 radical (unpaired) electrons. The molecule has 0 aliphatic carbocycles. The summed E-state index contributed by atoms with van der Waals surface area (Å²) in [6.45, 7) is 3.75. The molecule has 3 aromatic rings. The quantitative estimate of drug-likeness (QED) is 0.558. The Kier molecular flexibility index (Phi) is 6.98. The van der Waals surface area contributed by atoms with Gasteiger partial charge in [0.05, 0.1) is 7.11 Å². The number of benzene rings is 1. The summed E-state index contributed by atoms with van der Waals surface area (Å²) in [5, 5.41) is 0. The van der Waals surface area contributed by atoms with Crippen molar-refractivity contribution in [1.82, 2.24) is 19.8 Å². The van der Waals surface area contributed by atoms with Crippen LogP contribution in [0.3, 0.4) is 0 Å². The van der Waals surface area contributed by atoms with Crippen LogP contribution in [-0.4, -0.2) is 64.4 Å². The zero-order valence-corrected chi connectivity index (χ0v) is 19.0. The van der Waals surface area contributed by atoms with Gasteiger partial charge < -0.3 is 14.5 Å². The summed E-state index contributed by atoms with van der Waals surface area (Å²) in [6.07, 6.45) is 6.41. The van der Waals surface area contributed by atoms with Gasteiger partial charge in [0.2, 0.25) is 11.8 Å². The minimum absolute atomic E-state index is 0.0153. The highest BCUT2D eigenvalue weighted by Gasteiger charge is 2.38. The largest absolute Gasteiger partial charge is 0.481 e. The predicted molar refractivity (Wildman–Crippen MR) is 126 cm³/mol. The second-order valence-electron chi connectivity index (χ2n) is 8.03. The molecule has 170 valence electrons. The van der Waals surface area contributed by atoms with Crippen LogP contribution in [0.25, 0.3) is 11.1 Å². The molecule has 1 fully saturated rings. The topological polar surface area (TPSA) is 75.6 Å². The summed E-state index contributed by atoms with van der Waals surface area (Å²) in [6, 6.07) is 14.6. The van der Waals surface area contributed by atoms with E-state index in [2.05, 4.69) is 16.9 Å². The molecule has 2 amide bonds. The number of carbonyl (C=O) groups excluding carboxylic acids is 2. The number of hydrogen-bond donors (Lipinski definition) is 0. The standard InChI is InChI=1S/C26H28N4O3/c1-3-13-29-14-15-30(25(31)20-10-12-28-24(17-20)33-2)23(26(29)32)16-19-7-4-5-9-22(19)21-8-6-11-27-18-21/h4-12,17-18,23H,3,13-16H2,1-2H3. The van der Waals surface area contributed by atoms with Gasteiger partial charge in [0.1, 0.15) is 6.04 Å². The molecule has 1 aliphatic rings. The van der Waals surface area contributed by atoms with Crippen LogP contribution < -0.4 is 4.74 Å². The van der Waals surface area contributed by atoms with Gasteiger partial charge in [-0.1, -0.05) is 37.3 Å². The van der Waals surface area contributed by atoms with E-state index in [0.717, 1.165) is 23.1 Å². The van der Waals surface area contributed by atoms with E-state index < -0.39 is 6.04 Å². The Morgan fingerprint density at radius 1 is 1.12 bits per heavy atom. The molecule has 1 saturated heterocycles. The van der Waals surface area contributed by atoms with E-state index in [1.165, 1.54) is 7.11 Å². The summed E-state index contributed by atoms with van der Waals surface area (Å²) in [5.41, 5.74) is 3.47. The number of rotatable bonds is 7. The molecular weight excluding hydrogens is 416 g/mol. The molecule has 0 spiro atoms. The SMILES string of the molecule is CCCN1CCN(C(=O)c2ccnc(OC)c2)C(Cc2ccccc2-c2cccnc2)C1=O. The zero-order valence-electron chi connectivity index (χ0n) is 19.0. The number of pyridine rings is 2. The van der Waals surface area contributed by atoms with Crippen molar-refractivity contribution in [3.63, 3.8) is 0 Å². The lowest BCUT2D eigenvalue weighted by Gasteiger charge is -2.41. The van der Waals surface area contributed by atoms with E-state index >= 15 is 0 Å². The van der Waals surface area contributed by atoms with Crippen molar-refractivity contribution in [2.75, 3.05) is 26.7 Å². The fourth-order valence-corrected chi connectivity index (χ4v) is 4.30. The Labute approximate surface area is 194 Å². The molecule has 0 N–H and O–H groups in total. The van der Waals surface area contributed by atoms with Gasteiger partial charge in [0, 0.05) is 61.8 Å². The summed E-state index contributed by atoms with van der Waals surface area (Å²) < 4.78 is 5.19. The van der Waals surface area contributed by atoms with Crippen molar-refractivity contribution in [1.29, 1.82) is 0 Å². The van der Waals surface area contributed by atoms with Crippen LogP contribution in [0.2, 0.25) is 0 Å². The highest BCUT2D eigenvalue weighted by Crippen LogP contribution is 2.27. The molecule has 1 aromatic carbocycles. The summed E-state index contributed by atoms with van der Waals surface area (Å²) in [5.74, 6) is 0.165. The summed E-state index contributed by atoms with van der Waals surface area (Å²) in [4.78, 5) is 38.9. The van der Waals surface area contributed by atoms with Crippen LogP contribution in [0, 0.1) is 0 Å². The minimum atomic E-state index is -0.588. The van der Waals surface area contributed by atoms with Gasteiger partial charge in [-0.15, -0.1) is 0 Å². The normalized spacial score (nSPS) is 16.1. The maximum Gasteiger partial charge on any atom is 0.254 e. The molecule has 1 aliphatic heterocycles. The Hall–Kier alpha value is -3.74. The molecule has 4 rings (SSSR count). The van der Waals surface area contributed by atoms with Gasteiger partial charge >= 0.3 is 0 Å². The smallest absolute Gasteiger partial charge is 0.254 e. The molecular formula is C26H28N4O3. The van der Waals surface area contributed by atoms with E-state index in [4.69, 9.17) is 4.74 Å². The molecule has 1 atom stereocenters. The van der Waals surface area contributed by atoms with Crippen molar-refractivity contribution in [2.24, 2.45) is 0 Å². The first kappa shape index (κ1) is 22.5. The first-order chi connectivity index (χ1) is 16.1. The van der Waals surface area contributed by atoms with Crippen LogP contribution in [0.15, 0.2) is 67.1 Å². The van der Waals surface area contributed by atoms with Crippen LogP contribution in [-0.2, 0) is 11.2 Å². The third kappa shape index (κ3) is 4.87. The van der Waals surface area contributed by atoms with Gasteiger partial charge in [-0.2, -0.15) is 0 Å². The van der Waals surface area contributed by atoms with Crippen molar-refractivity contribution >= 4 is 11.8 Å². The van der Waals surface area contributed by atoms with Crippen molar-refractivity contribution < 1.29 is 14.3 Å². The van der Waals surface area contributed by atoms with Crippen molar-refractivity contribution in [3.8, 4) is 17.0 Å². The summed E-state index contributed by atoms with van der Waals surface area (Å²) >= 11 is 0. The number of ether oxygens (including phenoxy) is 1. The minimum Gasteiger partial charge on any atom is -0.481 e. The zero-order chi connectivity index (χ0) is 23.2. The predicted octanol–water partition coefficient (Wildman–Crippen LogP) is 3.46. The summed E-state index contributed by atoms with van der Waals surface area (Å²) in [7, 11) is 1.52. The molecule has 0 saturated carbocycles. The van der Waals surface area contributed by atoms with Crippen LogP contribution >= 0.6 is 0 Å².